The van der Waals surface area contributed by atoms with Gasteiger partial charge in [0, 0.05) is 6.20 Å². The lowest BCUT2D eigenvalue weighted by Gasteiger charge is -2.15. The normalized spacial score (nSPS) is 11.7. The molecule has 0 radical (unpaired) electrons. The van der Waals surface area contributed by atoms with Crippen molar-refractivity contribution < 1.29 is 14.7 Å². The second-order valence-corrected chi connectivity index (χ2v) is 4.69. The van der Waals surface area contributed by atoms with Gasteiger partial charge >= 0.3 is 5.97 Å². The molecule has 1 aromatic carbocycles. The van der Waals surface area contributed by atoms with Crippen LogP contribution in [-0.4, -0.2) is 22.0 Å². The predicted octanol–water partition coefficient (Wildman–Crippen LogP) is 1.87. The Morgan fingerprint density at radius 2 is 1.90 bits per heavy atom. The minimum Gasteiger partial charge on any atom is -0.479 e. The number of rotatable bonds is 5. The van der Waals surface area contributed by atoms with Crippen molar-refractivity contribution in [2.45, 2.75) is 19.4 Å². The molecule has 0 aliphatic heterocycles. The number of hydrogen-bond donors (Lipinski definition) is 2. The molecule has 1 atom stereocenters. The van der Waals surface area contributed by atoms with E-state index in [2.05, 4.69) is 10.3 Å². The molecule has 1 aromatic heterocycles. The number of hydrogen-bond acceptors (Lipinski definition) is 3. The Labute approximate surface area is 122 Å². The number of aryl methyl sites for hydroxylation is 1. The van der Waals surface area contributed by atoms with E-state index in [9.17, 15) is 14.7 Å². The Bertz CT molecular complexity index is 641. The molecule has 1 amide bonds. The van der Waals surface area contributed by atoms with E-state index >= 15 is 0 Å². The lowest BCUT2D eigenvalue weighted by molar-refractivity contribution is -0.142. The third-order valence-corrected chi connectivity index (χ3v) is 3.13. The van der Waals surface area contributed by atoms with Gasteiger partial charge in [-0.25, -0.2) is 4.79 Å². The van der Waals surface area contributed by atoms with Gasteiger partial charge in [-0.3, -0.25) is 9.78 Å². The van der Waals surface area contributed by atoms with Crippen molar-refractivity contribution in [1.82, 2.24) is 10.3 Å². The highest BCUT2D eigenvalue weighted by atomic mass is 16.4. The third-order valence-electron chi connectivity index (χ3n) is 3.13. The maximum absolute atomic E-state index is 12.0. The average Bonchev–Trinajstić information content (AvgIpc) is 2.48. The summed E-state index contributed by atoms with van der Waals surface area (Å²) >= 11 is 0. The molecule has 0 bridgehead atoms. The topological polar surface area (TPSA) is 79.3 Å². The van der Waals surface area contributed by atoms with E-state index in [1.807, 2.05) is 13.0 Å². The Morgan fingerprint density at radius 3 is 2.52 bits per heavy atom. The number of carbonyl (C=O) groups excluding carboxylic acids is 1. The summed E-state index contributed by atoms with van der Waals surface area (Å²) in [5.74, 6) is -1.46. The van der Waals surface area contributed by atoms with Crippen LogP contribution >= 0.6 is 0 Å². The quantitative estimate of drug-likeness (QED) is 0.878. The van der Waals surface area contributed by atoms with E-state index in [4.69, 9.17) is 0 Å². The Morgan fingerprint density at radius 1 is 1.19 bits per heavy atom. The highest BCUT2D eigenvalue weighted by Crippen LogP contribution is 2.13. The first-order chi connectivity index (χ1) is 10.1. The molecular weight excluding hydrogens is 268 g/mol. The molecule has 21 heavy (non-hydrogen) atoms. The van der Waals surface area contributed by atoms with Crippen LogP contribution in [0.3, 0.4) is 0 Å². The summed E-state index contributed by atoms with van der Waals surface area (Å²) < 4.78 is 0. The number of aliphatic carboxylic acids is 1. The first-order valence-electron chi connectivity index (χ1n) is 6.55. The van der Waals surface area contributed by atoms with Crippen molar-refractivity contribution in [3.8, 4) is 0 Å². The zero-order valence-corrected chi connectivity index (χ0v) is 11.6. The van der Waals surface area contributed by atoms with Crippen molar-refractivity contribution in [2.24, 2.45) is 0 Å². The molecule has 0 spiro atoms. The number of carboxylic acids is 1. The van der Waals surface area contributed by atoms with Crippen molar-refractivity contribution in [3.63, 3.8) is 0 Å². The first kappa shape index (κ1) is 14.7. The number of aromatic nitrogens is 1. The second-order valence-electron chi connectivity index (χ2n) is 4.69. The number of benzene rings is 1. The van der Waals surface area contributed by atoms with Crippen molar-refractivity contribution >= 4 is 11.9 Å². The zero-order valence-electron chi connectivity index (χ0n) is 11.6. The molecule has 2 rings (SSSR count). The number of carboxylic acid groups (broad SMARTS) is 1. The van der Waals surface area contributed by atoms with Crippen LogP contribution in [0.15, 0.2) is 48.7 Å². The van der Waals surface area contributed by atoms with E-state index in [-0.39, 0.29) is 12.3 Å². The highest BCUT2D eigenvalue weighted by Gasteiger charge is 2.22. The van der Waals surface area contributed by atoms with Crippen molar-refractivity contribution in [3.05, 3.63) is 65.5 Å². The summed E-state index contributed by atoms with van der Waals surface area (Å²) in [7, 11) is 0. The van der Waals surface area contributed by atoms with Gasteiger partial charge in [0.15, 0.2) is 6.04 Å². The minimum absolute atomic E-state index is 0.0588. The summed E-state index contributed by atoms with van der Waals surface area (Å²) in [5, 5.41) is 11.8. The van der Waals surface area contributed by atoms with Crippen LogP contribution in [-0.2, 0) is 16.0 Å². The molecule has 0 saturated heterocycles. The molecule has 0 fully saturated rings. The SMILES string of the molecule is Cc1cccnc1CC(=O)N[C@@H](C(=O)O)c1ccccc1. The fraction of sp³-hybridized carbons (Fsp3) is 0.188. The van der Waals surface area contributed by atoms with Crippen LogP contribution in [0.1, 0.15) is 22.9 Å². The lowest BCUT2D eigenvalue weighted by atomic mass is 10.1. The first-order valence-corrected chi connectivity index (χ1v) is 6.55. The fourth-order valence-corrected chi connectivity index (χ4v) is 2.00. The van der Waals surface area contributed by atoms with Gasteiger partial charge in [-0.15, -0.1) is 0 Å². The van der Waals surface area contributed by atoms with Gasteiger partial charge in [0.25, 0.3) is 0 Å². The maximum Gasteiger partial charge on any atom is 0.330 e. The van der Waals surface area contributed by atoms with Crippen LogP contribution in [0.25, 0.3) is 0 Å². The molecular formula is C16H16N2O3. The smallest absolute Gasteiger partial charge is 0.330 e. The van der Waals surface area contributed by atoms with Gasteiger partial charge in [-0.1, -0.05) is 36.4 Å². The number of nitrogens with one attached hydrogen (secondary N) is 1. The number of carbonyl (C=O) groups is 2. The van der Waals surface area contributed by atoms with Crippen LogP contribution in [0.2, 0.25) is 0 Å². The van der Waals surface area contributed by atoms with Crippen molar-refractivity contribution in [2.75, 3.05) is 0 Å². The van der Waals surface area contributed by atoms with E-state index < -0.39 is 12.0 Å². The summed E-state index contributed by atoms with van der Waals surface area (Å²) in [6.07, 6.45) is 1.67. The fourth-order valence-electron chi connectivity index (χ4n) is 2.00. The largest absolute Gasteiger partial charge is 0.479 e. The molecule has 2 aromatic rings. The highest BCUT2D eigenvalue weighted by molar-refractivity contribution is 5.85. The molecule has 0 aliphatic carbocycles. The molecule has 0 aliphatic rings. The molecule has 0 saturated carbocycles. The number of pyridine rings is 1. The monoisotopic (exact) mass is 284 g/mol. The van der Waals surface area contributed by atoms with E-state index in [1.54, 1.807) is 42.6 Å². The summed E-state index contributed by atoms with van der Waals surface area (Å²) in [5.41, 5.74) is 2.09. The lowest BCUT2D eigenvalue weighted by Crippen LogP contribution is -2.35. The third kappa shape index (κ3) is 3.89. The molecule has 0 unspecified atom stereocenters. The number of nitrogens with zero attached hydrogens (tertiary/aromatic N) is 1. The van der Waals surface area contributed by atoms with Crippen molar-refractivity contribution in [1.29, 1.82) is 0 Å². The van der Waals surface area contributed by atoms with Gasteiger partial charge in [0.1, 0.15) is 0 Å². The summed E-state index contributed by atoms with van der Waals surface area (Å²) in [6, 6.07) is 11.2. The number of amides is 1. The van der Waals surface area contributed by atoms with E-state index in [0.717, 1.165) is 5.56 Å². The minimum atomic E-state index is -1.09. The average molecular weight is 284 g/mol. The molecule has 108 valence electrons. The zero-order chi connectivity index (χ0) is 15.2. The Balaban J connectivity index is 2.10. The molecule has 2 N–H and O–H groups in total. The van der Waals surface area contributed by atoms with Gasteiger partial charge in [0.05, 0.1) is 12.1 Å². The van der Waals surface area contributed by atoms with Gasteiger partial charge in [-0.2, -0.15) is 0 Å². The van der Waals surface area contributed by atoms with E-state index in [0.29, 0.717) is 11.3 Å². The summed E-state index contributed by atoms with van der Waals surface area (Å²) in [6.45, 7) is 1.86. The van der Waals surface area contributed by atoms with E-state index in [1.165, 1.54) is 0 Å². The molecule has 5 heteroatoms. The van der Waals surface area contributed by atoms with Crippen LogP contribution in [0.5, 0.6) is 0 Å². The summed E-state index contributed by atoms with van der Waals surface area (Å²) in [4.78, 5) is 27.5. The Hall–Kier alpha value is -2.69. The van der Waals surface area contributed by atoms with Crippen LogP contribution in [0, 0.1) is 6.92 Å². The molecule has 1 heterocycles. The predicted molar refractivity (Wildman–Crippen MR) is 77.6 cm³/mol. The van der Waals surface area contributed by atoms with Crippen LogP contribution < -0.4 is 5.32 Å². The Kier molecular flexibility index (Phi) is 4.66. The van der Waals surface area contributed by atoms with Gasteiger partial charge in [0.2, 0.25) is 5.91 Å². The molecule has 5 nitrogen and oxygen atoms in total. The maximum atomic E-state index is 12.0. The van der Waals surface area contributed by atoms with Crippen LogP contribution in [0.4, 0.5) is 0 Å². The standard InChI is InChI=1S/C16H16N2O3/c1-11-6-5-9-17-13(11)10-14(19)18-15(16(20)21)12-7-3-2-4-8-12/h2-9,15H,10H2,1H3,(H,18,19)(H,20,21)/t15-/m1/s1. The van der Waals surface area contributed by atoms with Gasteiger partial charge in [-0.05, 0) is 24.1 Å². The second kappa shape index (κ2) is 6.65. The van der Waals surface area contributed by atoms with Gasteiger partial charge < -0.3 is 10.4 Å².